The van der Waals surface area contributed by atoms with Crippen LogP contribution in [0.15, 0.2) is 52.1 Å². The van der Waals surface area contributed by atoms with Crippen LogP contribution >= 0.6 is 0 Å². The highest BCUT2D eigenvalue weighted by atomic mass is 16.2. The van der Waals surface area contributed by atoms with Crippen LogP contribution in [0.5, 0.6) is 0 Å². The number of nitrogens with zero attached hydrogens (tertiary/aromatic N) is 2. The Morgan fingerprint density at radius 2 is 1.69 bits per heavy atom. The average Bonchev–Trinajstić information content (AvgIpc) is 2.64. The number of hydrogen-bond acceptors (Lipinski definition) is 4. The lowest BCUT2D eigenvalue weighted by molar-refractivity contribution is 0.506. The number of fused-ring (bicyclic) bond motifs is 1. The minimum atomic E-state index is -0.459. The van der Waals surface area contributed by atoms with Crippen LogP contribution in [0.1, 0.15) is 33.3 Å². The number of rotatable bonds is 7. The van der Waals surface area contributed by atoms with Gasteiger partial charge >= 0.3 is 5.69 Å². The maximum absolute atomic E-state index is 12.8. The van der Waals surface area contributed by atoms with Crippen molar-refractivity contribution in [3.05, 3.63) is 68.9 Å². The highest BCUT2D eigenvalue weighted by Crippen LogP contribution is 2.25. The van der Waals surface area contributed by atoms with Crippen molar-refractivity contribution in [3.8, 4) is 0 Å². The third-order valence-corrected chi connectivity index (χ3v) is 4.90. The summed E-state index contributed by atoms with van der Waals surface area (Å²) in [5.41, 5.74) is 6.96. The molecule has 0 spiro atoms. The molecule has 0 amide bonds. The number of aromatic nitrogens is 2. The summed E-state index contributed by atoms with van der Waals surface area (Å²) in [6.45, 7) is 9.87. The van der Waals surface area contributed by atoms with Gasteiger partial charge in [-0.3, -0.25) is 14.3 Å². The predicted octanol–water partition coefficient (Wildman–Crippen LogP) is 3.59. The molecule has 0 aliphatic heterocycles. The van der Waals surface area contributed by atoms with E-state index in [2.05, 4.69) is 43.1 Å². The van der Waals surface area contributed by atoms with Crippen LogP contribution in [0.4, 0.5) is 11.5 Å². The molecule has 3 N–H and O–H groups in total. The summed E-state index contributed by atoms with van der Waals surface area (Å²) in [4.78, 5) is 29.6. The quantitative estimate of drug-likeness (QED) is 0.641. The third-order valence-electron chi connectivity index (χ3n) is 4.90. The zero-order chi connectivity index (χ0) is 21.1. The van der Waals surface area contributed by atoms with Crippen molar-refractivity contribution in [3.63, 3.8) is 0 Å². The first-order chi connectivity index (χ1) is 13.8. The smallest absolute Gasteiger partial charge is 0.330 e. The van der Waals surface area contributed by atoms with Crippen molar-refractivity contribution in [2.24, 2.45) is 11.8 Å². The van der Waals surface area contributed by atoms with Crippen molar-refractivity contribution in [1.82, 2.24) is 9.55 Å². The van der Waals surface area contributed by atoms with Gasteiger partial charge in [0.2, 0.25) is 0 Å². The lowest BCUT2D eigenvalue weighted by Gasteiger charge is -2.28. The van der Waals surface area contributed by atoms with E-state index >= 15 is 0 Å². The number of anilines is 2. The van der Waals surface area contributed by atoms with Gasteiger partial charge in [0.15, 0.2) is 0 Å². The van der Waals surface area contributed by atoms with Gasteiger partial charge in [-0.05, 0) is 28.2 Å². The van der Waals surface area contributed by atoms with Crippen LogP contribution < -0.4 is 21.9 Å². The molecule has 3 aromatic rings. The topological polar surface area (TPSA) is 84.1 Å². The van der Waals surface area contributed by atoms with E-state index in [0.717, 1.165) is 16.3 Å². The fraction of sp³-hybridized carbons (Fsp3) is 0.391. The number of nitrogens with two attached hydrogens (primary N) is 1. The Morgan fingerprint density at radius 1 is 1.00 bits per heavy atom. The molecular formula is C23H30N4O2. The molecular weight excluding hydrogens is 364 g/mol. The van der Waals surface area contributed by atoms with Gasteiger partial charge in [-0.2, -0.15) is 0 Å². The Morgan fingerprint density at radius 3 is 2.38 bits per heavy atom. The molecule has 0 bridgehead atoms. The molecule has 2 aromatic carbocycles. The number of nitrogens with one attached hydrogen (secondary N) is 1. The van der Waals surface area contributed by atoms with Crippen molar-refractivity contribution >= 4 is 22.3 Å². The molecule has 0 saturated carbocycles. The van der Waals surface area contributed by atoms with Crippen LogP contribution in [0.3, 0.4) is 0 Å². The van der Waals surface area contributed by atoms with Crippen molar-refractivity contribution < 1.29 is 0 Å². The second-order valence-electron chi connectivity index (χ2n) is 8.41. The summed E-state index contributed by atoms with van der Waals surface area (Å²) < 4.78 is 1.47. The molecule has 29 heavy (non-hydrogen) atoms. The predicted molar refractivity (Wildman–Crippen MR) is 120 cm³/mol. The van der Waals surface area contributed by atoms with Crippen molar-refractivity contribution in [1.29, 1.82) is 0 Å². The van der Waals surface area contributed by atoms with E-state index in [9.17, 15) is 9.59 Å². The van der Waals surface area contributed by atoms with Crippen LogP contribution in [0.25, 0.3) is 10.8 Å². The Kier molecular flexibility index (Phi) is 6.11. The number of benzene rings is 2. The Hall–Kier alpha value is -3.02. The second kappa shape index (κ2) is 8.55. The molecule has 0 unspecified atom stereocenters. The summed E-state index contributed by atoms with van der Waals surface area (Å²) in [5, 5.41) is 2.30. The van der Waals surface area contributed by atoms with Gasteiger partial charge in [-0.25, -0.2) is 4.79 Å². The SMILES string of the molecule is CC(C)CN(Cc1cccc2ccccc12)c1c(N)n(CC(C)C)c(=O)[nH]c1=O. The van der Waals surface area contributed by atoms with E-state index in [4.69, 9.17) is 5.73 Å². The molecule has 0 fully saturated rings. The van der Waals surface area contributed by atoms with Crippen molar-refractivity contribution in [2.75, 3.05) is 17.2 Å². The van der Waals surface area contributed by atoms with E-state index in [1.54, 1.807) is 0 Å². The fourth-order valence-corrected chi connectivity index (χ4v) is 3.74. The maximum atomic E-state index is 12.8. The van der Waals surface area contributed by atoms with Crippen LogP contribution in [-0.4, -0.2) is 16.1 Å². The van der Waals surface area contributed by atoms with Gasteiger partial charge in [0.05, 0.1) is 0 Å². The molecule has 1 aromatic heterocycles. The van der Waals surface area contributed by atoms with Gasteiger partial charge in [-0.15, -0.1) is 0 Å². The van der Waals surface area contributed by atoms with Gasteiger partial charge in [0.25, 0.3) is 5.56 Å². The lowest BCUT2D eigenvalue weighted by Crippen LogP contribution is -2.40. The average molecular weight is 395 g/mol. The van der Waals surface area contributed by atoms with Gasteiger partial charge < -0.3 is 10.6 Å². The summed E-state index contributed by atoms with van der Waals surface area (Å²) >= 11 is 0. The number of H-pyrrole nitrogens is 1. The molecule has 0 atom stereocenters. The molecule has 6 nitrogen and oxygen atoms in total. The first-order valence-corrected chi connectivity index (χ1v) is 10.1. The molecule has 0 aliphatic rings. The number of hydrogen-bond donors (Lipinski definition) is 2. The van der Waals surface area contributed by atoms with E-state index in [0.29, 0.717) is 31.2 Å². The molecule has 0 aliphatic carbocycles. The molecule has 0 radical (unpaired) electrons. The van der Waals surface area contributed by atoms with Gasteiger partial charge in [-0.1, -0.05) is 70.2 Å². The van der Waals surface area contributed by atoms with Crippen LogP contribution in [0, 0.1) is 11.8 Å². The molecule has 154 valence electrons. The first kappa shape index (κ1) is 20.7. The molecule has 6 heteroatoms. The standard InChI is InChI=1S/C23H30N4O2/c1-15(2)12-26(14-18-10-7-9-17-8-5-6-11-19(17)18)20-21(24)27(13-16(3)4)23(29)25-22(20)28/h5-11,15-16H,12-14,24H2,1-4H3,(H,25,28,29). The Labute approximate surface area is 171 Å². The number of aromatic amines is 1. The number of nitrogen functional groups attached to an aromatic ring is 1. The maximum Gasteiger partial charge on any atom is 0.330 e. The minimum absolute atomic E-state index is 0.227. The summed E-state index contributed by atoms with van der Waals surface area (Å²) in [6.07, 6.45) is 0. The minimum Gasteiger partial charge on any atom is -0.383 e. The zero-order valence-electron chi connectivity index (χ0n) is 17.6. The summed E-state index contributed by atoms with van der Waals surface area (Å²) in [7, 11) is 0. The van der Waals surface area contributed by atoms with Crippen molar-refractivity contribution in [2.45, 2.75) is 40.8 Å². The third kappa shape index (κ3) is 4.53. The largest absolute Gasteiger partial charge is 0.383 e. The Balaban J connectivity index is 2.12. The second-order valence-corrected chi connectivity index (χ2v) is 8.41. The van der Waals surface area contributed by atoms with Crippen LogP contribution in [-0.2, 0) is 13.1 Å². The highest BCUT2D eigenvalue weighted by Gasteiger charge is 2.21. The Bertz CT molecular complexity index is 1110. The van der Waals surface area contributed by atoms with E-state index < -0.39 is 11.2 Å². The van der Waals surface area contributed by atoms with E-state index in [1.165, 1.54) is 4.57 Å². The van der Waals surface area contributed by atoms with E-state index in [-0.39, 0.29) is 11.7 Å². The summed E-state index contributed by atoms with van der Waals surface area (Å²) in [6, 6.07) is 14.4. The lowest BCUT2D eigenvalue weighted by atomic mass is 10.0. The van der Waals surface area contributed by atoms with Crippen LogP contribution in [0.2, 0.25) is 0 Å². The first-order valence-electron chi connectivity index (χ1n) is 10.1. The molecule has 3 rings (SSSR count). The summed E-state index contributed by atoms with van der Waals surface area (Å²) in [5.74, 6) is 0.771. The molecule has 0 saturated heterocycles. The zero-order valence-corrected chi connectivity index (χ0v) is 17.6. The van der Waals surface area contributed by atoms with Gasteiger partial charge in [0, 0.05) is 19.6 Å². The van der Waals surface area contributed by atoms with E-state index in [1.807, 2.05) is 36.9 Å². The normalized spacial score (nSPS) is 11.5. The van der Waals surface area contributed by atoms with Gasteiger partial charge in [0.1, 0.15) is 11.5 Å². The monoisotopic (exact) mass is 394 g/mol. The fourth-order valence-electron chi connectivity index (χ4n) is 3.74. The molecule has 1 heterocycles. The highest BCUT2D eigenvalue weighted by molar-refractivity contribution is 5.86.